The molecule has 0 aromatic heterocycles. The molecule has 0 saturated heterocycles. The number of hydrogen-bond acceptors (Lipinski definition) is 21. The molecule has 0 radical (unpaired) electrons. The summed E-state index contributed by atoms with van der Waals surface area (Å²) in [5.74, 6) is -15.6. The number of carbonyl (C=O) groups is 2. The molecule has 2 aliphatic rings. The second kappa shape index (κ2) is 15.6. The van der Waals surface area contributed by atoms with Crippen molar-refractivity contribution < 1.29 is 105 Å². The number of fused-ring (bicyclic) bond motifs is 2. The molecule has 0 bridgehead atoms. The first kappa shape index (κ1) is 42.5. The van der Waals surface area contributed by atoms with E-state index in [1.54, 1.807) is 0 Å². The average molecular weight is 899 g/mol. The van der Waals surface area contributed by atoms with E-state index >= 15 is 0 Å². The Balaban J connectivity index is 1.32. The second-order valence-corrected chi connectivity index (χ2v) is 15.0. The third-order valence-electron chi connectivity index (χ3n) is 10.8. The van der Waals surface area contributed by atoms with Gasteiger partial charge in [0.05, 0.1) is 11.1 Å². The molecule has 21 heteroatoms. The molecule has 8 rings (SSSR count). The standard InChI is InChI=1S/C44H34O21/c45-16-5-23(47)20-12-34(64-43(60)14-1-27(51)37(56)28(52)2-14)41(62-32(20)7-16)19-10-26(50)25(49)9-18(19)36-22(11-31(55)39(58)40(36)59)42-35(13-21-24(48)6-17(46)8-33(21)63-42)65-44(61)15-3-29(53)38(57)30(54)4-15/h1-11,34-35,41-42,45-59H,12-13H2/t34-,35-,41-,42-/m1/s1. The largest absolute Gasteiger partial charge is 0.508 e. The van der Waals surface area contributed by atoms with Crippen LogP contribution in [0.1, 0.15) is 55.2 Å². The molecule has 0 amide bonds. The maximum absolute atomic E-state index is 13.7. The van der Waals surface area contributed by atoms with E-state index in [0.717, 1.165) is 66.7 Å². The number of ether oxygens (including phenoxy) is 4. The average Bonchev–Trinajstić information content (AvgIpc) is 3.24. The summed E-state index contributed by atoms with van der Waals surface area (Å²) in [6, 6.07) is 9.69. The van der Waals surface area contributed by atoms with Crippen LogP contribution in [0, 0.1) is 0 Å². The number of hydrogen-bond donors (Lipinski definition) is 15. The lowest BCUT2D eigenvalue weighted by atomic mass is 9.83. The maximum Gasteiger partial charge on any atom is 0.338 e. The van der Waals surface area contributed by atoms with Crippen molar-refractivity contribution in [2.75, 3.05) is 0 Å². The summed E-state index contributed by atoms with van der Waals surface area (Å²) in [6.07, 6.45) is -7.62. The van der Waals surface area contributed by atoms with Crippen molar-refractivity contribution in [3.8, 4) is 109 Å². The Hall–Kier alpha value is -9.14. The molecule has 15 N–H and O–H groups in total. The van der Waals surface area contributed by atoms with Gasteiger partial charge in [0.2, 0.25) is 5.75 Å². The van der Waals surface area contributed by atoms with E-state index in [-0.39, 0.29) is 33.8 Å². The van der Waals surface area contributed by atoms with Crippen LogP contribution in [-0.4, -0.2) is 101 Å². The van der Waals surface area contributed by atoms with E-state index in [2.05, 4.69) is 0 Å². The highest BCUT2D eigenvalue weighted by atomic mass is 16.6. The van der Waals surface area contributed by atoms with E-state index in [9.17, 15) is 86.2 Å². The molecule has 0 aliphatic carbocycles. The summed E-state index contributed by atoms with van der Waals surface area (Å²) in [7, 11) is 0. The van der Waals surface area contributed by atoms with E-state index in [0.29, 0.717) is 0 Å². The van der Waals surface area contributed by atoms with E-state index in [1.807, 2.05) is 0 Å². The van der Waals surface area contributed by atoms with Gasteiger partial charge in [-0.25, -0.2) is 9.59 Å². The highest BCUT2D eigenvalue weighted by Gasteiger charge is 2.43. The highest BCUT2D eigenvalue weighted by molar-refractivity contribution is 5.92. The number of phenolic OH excluding ortho intramolecular Hbond substituents is 15. The molecule has 21 nitrogen and oxygen atoms in total. The van der Waals surface area contributed by atoms with Crippen LogP contribution in [0.3, 0.4) is 0 Å². The zero-order chi connectivity index (χ0) is 46.9. The van der Waals surface area contributed by atoms with Crippen molar-refractivity contribution in [2.24, 2.45) is 0 Å². The van der Waals surface area contributed by atoms with Crippen LogP contribution < -0.4 is 9.47 Å². The van der Waals surface area contributed by atoms with Crippen LogP contribution in [0.25, 0.3) is 11.1 Å². The summed E-state index contributed by atoms with van der Waals surface area (Å²) in [6.45, 7) is 0. The third-order valence-corrected chi connectivity index (χ3v) is 10.8. The Kier molecular flexibility index (Phi) is 10.2. The minimum Gasteiger partial charge on any atom is -0.508 e. The van der Waals surface area contributed by atoms with Gasteiger partial charge in [-0.2, -0.15) is 0 Å². The Morgan fingerprint density at radius 2 is 0.800 bits per heavy atom. The smallest absolute Gasteiger partial charge is 0.338 e. The molecule has 0 spiro atoms. The Labute approximate surface area is 362 Å². The Bertz CT molecular complexity index is 2930. The highest BCUT2D eigenvalue weighted by Crippen LogP contribution is 2.55. The molecule has 0 saturated carbocycles. The van der Waals surface area contributed by atoms with Crippen molar-refractivity contribution in [1.82, 2.24) is 0 Å². The normalized spacial score (nSPS) is 17.5. The summed E-state index contributed by atoms with van der Waals surface area (Å²) >= 11 is 0. The van der Waals surface area contributed by atoms with Crippen LogP contribution in [0.5, 0.6) is 97.7 Å². The van der Waals surface area contributed by atoms with Crippen molar-refractivity contribution in [2.45, 2.75) is 37.3 Å². The molecule has 0 unspecified atom stereocenters. The van der Waals surface area contributed by atoms with E-state index in [4.69, 9.17) is 18.9 Å². The van der Waals surface area contributed by atoms with Gasteiger partial charge >= 0.3 is 11.9 Å². The van der Waals surface area contributed by atoms with Crippen molar-refractivity contribution in [3.63, 3.8) is 0 Å². The predicted molar refractivity (Wildman–Crippen MR) is 215 cm³/mol. The van der Waals surface area contributed by atoms with Crippen LogP contribution in [0.15, 0.2) is 66.7 Å². The van der Waals surface area contributed by atoms with Crippen LogP contribution in [-0.2, 0) is 22.3 Å². The van der Waals surface area contributed by atoms with Crippen LogP contribution >= 0.6 is 0 Å². The quantitative estimate of drug-likeness (QED) is 0.0759. The fourth-order valence-electron chi connectivity index (χ4n) is 7.70. The number of phenols is 15. The predicted octanol–water partition coefficient (Wildman–Crippen LogP) is 4.74. The SMILES string of the molecule is O=C(O[C@@H]1Cc2c(O)cc(O)cc2O[C@@H]1c1cc(O)c(O)cc1-c1c([C@H]2Oc3cc(O)cc(O)c3C[C@H]2OC(=O)c2cc(O)c(O)c(O)c2)cc(O)c(O)c1O)c1cc(O)c(O)c(O)c1. The molecule has 6 aromatic rings. The lowest BCUT2D eigenvalue weighted by molar-refractivity contribution is -0.0196. The summed E-state index contributed by atoms with van der Waals surface area (Å²) in [5.41, 5.74) is -2.72. The molecule has 6 aromatic carbocycles. The first-order chi connectivity index (χ1) is 30.7. The Morgan fingerprint density at radius 3 is 1.25 bits per heavy atom. The summed E-state index contributed by atoms with van der Waals surface area (Å²) in [4.78, 5) is 27.3. The number of aromatic hydroxyl groups is 15. The van der Waals surface area contributed by atoms with Gasteiger partial charge in [0.25, 0.3) is 0 Å². The lowest BCUT2D eigenvalue weighted by Crippen LogP contribution is -2.36. The van der Waals surface area contributed by atoms with Gasteiger partial charge in [-0.15, -0.1) is 0 Å². The number of benzene rings is 6. The van der Waals surface area contributed by atoms with Gasteiger partial charge < -0.3 is 95.5 Å². The van der Waals surface area contributed by atoms with Gasteiger partial charge in [0, 0.05) is 64.9 Å². The minimum atomic E-state index is -1.76. The zero-order valence-electron chi connectivity index (χ0n) is 32.7. The number of carbonyl (C=O) groups excluding carboxylic acids is 2. The molecular formula is C44H34O21. The summed E-state index contributed by atoms with van der Waals surface area (Å²) < 4.78 is 24.0. The maximum atomic E-state index is 13.7. The number of esters is 2. The molecule has 4 atom stereocenters. The van der Waals surface area contributed by atoms with Crippen molar-refractivity contribution in [3.05, 3.63) is 100 Å². The van der Waals surface area contributed by atoms with Gasteiger partial charge in [-0.05, 0) is 48.0 Å². The van der Waals surface area contributed by atoms with Crippen molar-refractivity contribution in [1.29, 1.82) is 0 Å². The molecular weight excluding hydrogens is 864 g/mol. The first-order valence-corrected chi connectivity index (χ1v) is 18.9. The van der Waals surface area contributed by atoms with Crippen LogP contribution in [0.4, 0.5) is 0 Å². The van der Waals surface area contributed by atoms with Crippen LogP contribution in [0.2, 0.25) is 0 Å². The molecule has 65 heavy (non-hydrogen) atoms. The molecule has 0 fully saturated rings. The van der Waals surface area contributed by atoms with Gasteiger partial charge in [-0.3, -0.25) is 0 Å². The second-order valence-electron chi connectivity index (χ2n) is 15.0. The monoisotopic (exact) mass is 898 g/mol. The van der Waals surface area contributed by atoms with Gasteiger partial charge in [0.1, 0.15) is 46.7 Å². The Morgan fingerprint density at radius 1 is 0.415 bits per heavy atom. The lowest BCUT2D eigenvalue weighted by Gasteiger charge is -2.36. The third kappa shape index (κ3) is 7.51. The fraction of sp³-hybridized carbons (Fsp3) is 0.136. The molecule has 2 aliphatic heterocycles. The number of rotatable bonds is 7. The molecule has 2 heterocycles. The van der Waals surface area contributed by atoms with Crippen molar-refractivity contribution >= 4 is 11.9 Å². The zero-order valence-corrected chi connectivity index (χ0v) is 32.7. The van der Waals surface area contributed by atoms with Gasteiger partial charge in [-0.1, -0.05) is 0 Å². The first-order valence-electron chi connectivity index (χ1n) is 18.9. The topological polar surface area (TPSA) is 375 Å². The molecule has 336 valence electrons. The summed E-state index contributed by atoms with van der Waals surface area (Å²) in [5, 5.41) is 158. The van der Waals surface area contributed by atoms with Gasteiger partial charge in [0.15, 0.2) is 69.7 Å². The fourth-order valence-corrected chi connectivity index (χ4v) is 7.70. The van der Waals surface area contributed by atoms with E-state index < -0.39 is 158 Å². The minimum absolute atomic E-state index is 0.0238. The van der Waals surface area contributed by atoms with E-state index in [1.165, 1.54) is 0 Å².